The van der Waals surface area contributed by atoms with E-state index in [1.54, 1.807) is 29.4 Å². The Hall–Kier alpha value is -2.74. The van der Waals surface area contributed by atoms with Crippen molar-refractivity contribution in [1.82, 2.24) is 24.4 Å². The third-order valence-electron chi connectivity index (χ3n) is 4.92. The van der Waals surface area contributed by atoms with Crippen molar-refractivity contribution in [1.29, 1.82) is 0 Å². The molecule has 1 unspecified atom stereocenters. The van der Waals surface area contributed by atoms with Crippen molar-refractivity contribution in [3.8, 4) is 0 Å². The molecule has 7 nitrogen and oxygen atoms in total. The van der Waals surface area contributed by atoms with Crippen LogP contribution in [0.1, 0.15) is 46.3 Å². The van der Waals surface area contributed by atoms with Crippen molar-refractivity contribution in [2.75, 3.05) is 13.1 Å². The minimum absolute atomic E-state index is 0.154. The molecule has 8 heteroatoms. The van der Waals surface area contributed by atoms with Crippen LogP contribution in [-0.4, -0.2) is 43.4 Å². The number of pyridine rings is 1. The van der Waals surface area contributed by atoms with Gasteiger partial charge in [-0.2, -0.15) is 0 Å². The van der Waals surface area contributed by atoms with E-state index in [0.29, 0.717) is 19.6 Å². The van der Waals surface area contributed by atoms with Crippen molar-refractivity contribution in [2.24, 2.45) is 0 Å². The fourth-order valence-electron chi connectivity index (χ4n) is 3.59. The standard InChI is InChI=1S/C19H21N5O2S/c1-13-7-17(25)16(8-21-13)19(26)24-5-2-3-14(9-24)18-20-4-6-23(18)10-15-11-27-12-22-15/h4,6-8,11-12,14H,2-3,5,9-10H2,1H3,(H,21,25). The highest BCUT2D eigenvalue weighted by Crippen LogP contribution is 2.27. The van der Waals surface area contributed by atoms with Crippen LogP contribution in [0.15, 0.2) is 40.3 Å². The van der Waals surface area contributed by atoms with Crippen LogP contribution in [0.2, 0.25) is 0 Å². The number of likely N-dealkylation sites (tertiary alicyclic amines) is 1. The Kier molecular flexibility index (Phi) is 4.89. The van der Waals surface area contributed by atoms with Crippen LogP contribution in [0.25, 0.3) is 0 Å². The van der Waals surface area contributed by atoms with E-state index in [9.17, 15) is 9.59 Å². The average molecular weight is 383 g/mol. The number of carbonyl (C=O) groups is 1. The third-order valence-corrected chi connectivity index (χ3v) is 5.56. The summed E-state index contributed by atoms with van der Waals surface area (Å²) in [6, 6.07) is 1.47. The first-order valence-corrected chi connectivity index (χ1v) is 9.93. The monoisotopic (exact) mass is 383 g/mol. The summed E-state index contributed by atoms with van der Waals surface area (Å²) in [7, 11) is 0. The maximum atomic E-state index is 12.9. The molecule has 1 fully saturated rings. The highest BCUT2D eigenvalue weighted by molar-refractivity contribution is 7.07. The second kappa shape index (κ2) is 7.48. The van der Waals surface area contributed by atoms with E-state index >= 15 is 0 Å². The summed E-state index contributed by atoms with van der Waals surface area (Å²) in [4.78, 5) is 38.7. The van der Waals surface area contributed by atoms with Gasteiger partial charge in [-0.15, -0.1) is 11.3 Å². The fraction of sp³-hybridized carbons (Fsp3) is 0.368. The van der Waals surface area contributed by atoms with Gasteiger partial charge in [0.25, 0.3) is 5.91 Å². The molecule has 27 heavy (non-hydrogen) atoms. The first-order valence-electron chi connectivity index (χ1n) is 8.98. The lowest BCUT2D eigenvalue weighted by Crippen LogP contribution is -2.41. The van der Waals surface area contributed by atoms with E-state index < -0.39 is 0 Å². The maximum Gasteiger partial charge on any atom is 0.259 e. The Morgan fingerprint density at radius 1 is 1.41 bits per heavy atom. The van der Waals surface area contributed by atoms with E-state index in [1.165, 1.54) is 12.3 Å². The number of imidazole rings is 1. The molecule has 1 aliphatic rings. The predicted octanol–water partition coefficient (Wildman–Crippen LogP) is 2.40. The summed E-state index contributed by atoms with van der Waals surface area (Å²) < 4.78 is 2.10. The highest BCUT2D eigenvalue weighted by atomic mass is 32.1. The number of rotatable bonds is 4. The fourth-order valence-corrected chi connectivity index (χ4v) is 4.14. The number of thiazole rings is 1. The summed E-state index contributed by atoms with van der Waals surface area (Å²) in [5, 5.41) is 2.03. The number of hydrogen-bond acceptors (Lipinski definition) is 5. The number of aryl methyl sites for hydroxylation is 1. The van der Waals surface area contributed by atoms with E-state index in [2.05, 4.69) is 19.5 Å². The van der Waals surface area contributed by atoms with E-state index in [0.717, 1.165) is 30.1 Å². The lowest BCUT2D eigenvalue weighted by atomic mass is 9.96. The zero-order valence-corrected chi connectivity index (χ0v) is 15.9. The van der Waals surface area contributed by atoms with Gasteiger partial charge in [0.2, 0.25) is 0 Å². The van der Waals surface area contributed by atoms with Gasteiger partial charge < -0.3 is 14.5 Å². The molecular formula is C19H21N5O2S. The van der Waals surface area contributed by atoms with Crippen LogP contribution in [0, 0.1) is 6.92 Å². The number of carbonyl (C=O) groups excluding carboxylic acids is 1. The summed E-state index contributed by atoms with van der Waals surface area (Å²) in [6.07, 6.45) is 7.14. The molecule has 0 bridgehead atoms. The highest BCUT2D eigenvalue weighted by Gasteiger charge is 2.29. The van der Waals surface area contributed by atoms with Crippen LogP contribution in [0.5, 0.6) is 0 Å². The summed E-state index contributed by atoms with van der Waals surface area (Å²) >= 11 is 1.58. The first kappa shape index (κ1) is 17.7. The number of aromatic amines is 1. The van der Waals surface area contributed by atoms with E-state index in [-0.39, 0.29) is 22.8 Å². The van der Waals surface area contributed by atoms with E-state index in [1.807, 2.05) is 17.1 Å². The molecule has 1 N–H and O–H groups in total. The summed E-state index contributed by atoms with van der Waals surface area (Å²) in [6.45, 7) is 3.71. The molecule has 4 rings (SSSR count). The zero-order chi connectivity index (χ0) is 18.8. The average Bonchev–Trinajstić information content (AvgIpc) is 3.34. The minimum atomic E-state index is -0.233. The quantitative estimate of drug-likeness (QED) is 0.750. The predicted molar refractivity (Wildman–Crippen MR) is 103 cm³/mol. The number of hydrogen-bond donors (Lipinski definition) is 1. The van der Waals surface area contributed by atoms with Gasteiger partial charge >= 0.3 is 0 Å². The van der Waals surface area contributed by atoms with Crippen molar-refractivity contribution in [3.63, 3.8) is 0 Å². The first-order chi connectivity index (χ1) is 13.1. The molecule has 4 heterocycles. The van der Waals surface area contributed by atoms with Gasteiger partial charge in [0, 0.05) is 54.7 Å². The van der Waals surface area contributed by atoms with Crippen molar-refractivity contribution < 1.29 is 4.79 Å². The molecule has 0 aromatic carbocycles. The number of piperidine rings is 1. The lowest BCUT2D eigenvalue weighted by Gasteiger charge is -2.32. The lowest BCUT2D eigenvalue weighted by molar-refractivity contribution is 0.0701. The minimum Gasteiger partial charge on any atom is -0.364 e. The van der Waals surface area contributed by atoms with Crippen molar-refractivity contribution in [3.05, 3.63) is 68.5 Å². The number of nitrogens with one attached hydrogen (secondary N) is 1. The molecule has 0 radical (unpaired) electrons. The zero-order valence-electron chi connectivity index (χ0n) is 15.1. The van der Waals surface area contributed by atoms with Gasteiger partial charge in [-0.3, -0.25) is 9.59 Å². The van der Waals surface area contributed by atoms with Gasteiger partial charge in [0.15, 0.2) is 5.43 Å². The largest absolute Gasteiger partial charge is 0.364 e. The van der Waals surface area contributed by atoms with Crippen LogP contribution >= 0.6 is 11.3 Å². The SMILES string of the molecule is Cc1cc(=O)c(C(=O)N2CCCC(c3nccn3Cc3cscn3)C2)c[nH]1. The second-order valence-corrected chi connectivity index (χ2v) is 7.60. The molecule has 0 aliphatic carbocycles. The van der Waals surface area contributed by atoms with Crippen LogP contribution in [0.4, 0.5) is 0 Å². The second-order valence-electron chi connectivity index (χ2n) is 6.88. The van der Waals surface area contributed by atoms with Gasteiger partial charge in [-0.25, -0.2) is 9.97 Å². The normalized spacial score (nSPS) is 17.2. The maximum absolute atomic E-state index is 12.9. The molecule has 0 saturated carbocycles. The molecule has 3 aromatic rings. The Morgan fingerprint density at radius 3 is 3.07 bits per heavy atom. The number of amides is 1. The Labute approximate surface area is 160 Å². The number of aromatic nitrogens is 4. The molecule has 1 atom stereocenters. The Bertz CT molecular complexity index is 992. The third kappa shape index (κ3) is 3.71. The molecule has 1 saturated heterocycles. The van der Waals surface area contributed by atoms with Gasteiger partial charge in [0.05, 0.1) is 17.7 Å². The number of nitrogens with zero attached hydrogens (tertiary/aromatic N) is 4. The molecule has 140 valence electrons. The van der Waals surface area contributed by atoms with Crippen molar-refractivity contribution in [2.45, 2.75) is 32.2 Å². The van der Waals surface area contributed by atoms with Gasteiger partial charge in [0.1, 0.15) is 11.4 Å². The Balaban J connectivity index is 1.53. The van der Waals surface area contributed by atoms with Gasteiger partial charge in [-0.1, -0.05) is 0 Å². The van der Waals surface area contributed by atoms with Crippen LogP contribution < -0.4 is 5.43 Å². The van der Waals surface area contributed by atoms with E-state index in [4.69, 9.17) is 0 Å². The van der Waals surface area contributed by atoms with Crippen LogP contribution in [0.3, 0.4) is 0 Å². The number of H-pyrrole nitrogens is 1. The molecule has 3 aromatic heterocycles. The molecular weight excluding hydrogens is 362 g/mol. The van der Waals surface area contributed by atoms with Gasteiger partial charge in [-0.05, 0) is 19.8 Å². The molecule has 1 aliphatic heterocycles. The smallest absolute Gasteiger partial charge is 0.259 e. The summed E-state index contributed by atoms with van der Waals surface area (Å²) in [5.74, 6) is 0.915. The Morgan fingerprint density at radius 2 is 2.30 bits per heavy atom. The molecule has 1 amide bonds. The van der Waals surface area contributed by atoms with Crippen LogP contribution in [-0.2, 0) is 6.54 Å². The molecule has 0 spiro atoms. The topological polar surface area (TPSA) is 83.9 Å². The van der Waals surface area contributed by atoms with Crippen molar-refractivity contribution >= 4 is 17.2 Å². The summed E-state index contributed by atoms with van der Waals surface area (Å²) in [5.41, 5.74) is 3.55.